The van der Waals surface area contributed by atoms with Gasteiger partial charge in [-0.15, -0.1) is 0 Å². The van der Waals surface area contributed by atoms with Gasteiger partial charge < -0.3 is 21.3 Å². The van der Waals surface area contributed by atoms with Crippen molar-refractivity contribution in [3.63, 3.8) is 0 Å². The predicted molar refractivity (Wildman–Crippen MR) is 64.2 cm³/mol. The van der Waals surface area contributed by atoms with E-state index in [4.69, 9.17) is 5.73 Å². The van der Waals surface area contributed by atoms with Crippen LogP contribution in [0.25, 0.3) is 0 Å². The Morgan fingerprint density at radius 2 is 2.00 bits per heavy atom. The molecule has 2 atom stereocenters. The second-order valence-electron chi connectivity index (χ2n) is 4.24. The van der Waals surface area contributed by atoms with Crippen LogP contribution in [0, 0.1) is 0 Å². The smallest absolute Gasteiger partial charge is 0.296 e. The number of primary amides is 1. The zero-order valence-corrected chi connectivity index (χ0v) is 9.79. The molecule has 7 heteroatoms. The summed E-state index contributed by atoms with van der Waals surface area (Å²) in [5.41, 5.74) is 5.40. The number of Topliss-reactive ketones (excluding diaryl/α,β-unsaturated/α-hetero) is 1. The Balaban J connectivity index is 2.35. The normalized spacial score (nSPS) is 16.7. The number of benzene rings is 1. The highest BCUT2D eigenvalue weighted by Gasteiger charge is 2.33. The van der Waals surface area contributed by atoms with Gasteiger partial charge in [-0.1, -0.05) is 12.1 Å². The lowest BCUT2D eigenvalue weighted by atomic mass is 9.97. The minimum Gasteiger partial charge on any atom is -0.390 e. The van der Waals surface area contributed by atoms with E-state index in [1.807, 2.05) is 0 Å². The summed E-state index contributed by atoms with van der Waals surface area (Å²) in [6, 6.07) is 4.37. The van der Waals surface area contributed by atoms with Crippen LogP contribution in [-0.4, -0.2) is 33.9 Å². The van der Waals surface area contributed by atoms with E-state index >= 15 is 0 Å². The van der Waals surface area contributed by atoms with Gasteiger partial charge in [0.2, 0.25) is 5.91 Å². The lowest BCUT2D eigenvalue weighted by molar-refractivity contribution is -0.121. The largest absolute Gasteiger partial charge is 0.390 e. The molecule has 0 aliphatic carbocycles. The summed E-state index contributed by atoms with van der Waals surface area (Å²) in [5, 5.41) is 21.9. The predicted octanol–water partition coefficient (Wildman–Crippen LogP) is -0.909. The van der Waals surface area contributed by atoms with E-state index in [9.17, 15) is 24.6 Å². The monoisotopic (exact) mass is 264 g/mol. The molecule has 1 aliphatic heterocycles. The number of nitrogens with two attached hydrogens (primary N) is 1. The van der Waals surface area contributed by atoms with Crippen LogP contribution in [0.15, 0.2) is 18.2 Å². The molecule has 0 bridgehead atoms. The molecule has 0 fully saturated rings. The third-order valence-electron chi connectivity index (χ3n) is 2.88. The Hall–Kier alpha value is -2.25. The highest BCUT2D eigenvalue weighted by atomic mass is 16.3. The van der Waals surface area contributed by atoms with E-state index in [1.165, 1.54) is 18.2 Å². The fraction of sp³-hybridized carbons (Fsp3) is 0.250. The number of ketones is 1. The van der Waals surface area contributed by atoms with E-state index in [0.29, 0.717) is 0 Å². The van der Waals surface area contributed by atoms with Gasteiger partial charge in [0.1, 0.15) is 6.10 Å². The average molecular weight is 264 g/mol. The van der Waals surface area contributed by atoms with Gasteiger partial charge in [-0.2, -0.15) is 0 Å². The summed E-state index contributed by atoms with van der Waals surface area (Å²) < 4.78 is 0. The van der Waals surface area contributed by atoms with Crippen LogP contribution < -0.4 is 11.1 Å². The Kier molecular flexibility index (Phi) is 3.32. The summed E-state index contributed by atoms with van der Waals surface area (Å²) in [6.07, 6.45) is -3.25. The van der Waals surface area contributed by atoms with Crippen LogP contribution in [0.5, 0.6) is 0 Å². The fourth-order valence-corrected chi connectivity index (χ4v) is 1.96. The molecule has 0 aromatic heterocycles. The molecule has 2 unspecified atom stereocenters. The van der Waals surface area contributed by atoms with Gasteiger partial charge in [-0.3, -0.25) is 14.4 Å². The van der Waals surface area contributed by atoms with Gasteiger partial charge in [-0.05, 0) is 6.07 Å². The highest BCUT2D eigenvalue weighted by Crippen LogP contribution is 2.33. The van der Waals surface area contributed by atoms with Crippen LogP contribution in [0.1, 0.15) is 28.4 Å². The van der Waals surface area contributed by atoms with Crippen LogP contribution >= 0.6 is 0 Å². The second-order valence-corrected chi connectivity index (χ2v) is 4.24. The topological polar surface area (TPSA) is 130 Å². The maximum absolute atomic E-state index is 11.5. The van der Waals surface area contributed by atoms with Crippen molar-refractivity contribution in [2.45, 2.75) is 18.6 Å². The van der Waals surface area contributed by atoms with Crippen molar-refractivity contribution >= 4 is 23.3 Å². The Labute approximate surface area is 108 Å². The van der Waals surface area contributed by atoms with Gasteiger partial charge in [-0.25, -0.2) is 0 Å². The first-order valence-corrected chi connectivity index (χ1v) is 5.55. The molecule has 0 saturated heterocycles. The maximum atomic E-state index is 11.5. The van der Waals surface area contributed by atoms with Gasteiger partial charge in [0, 0.05) is 5.56 Å². The number of fused-ring (bicyclic) bond motifs is 1. The van der Waals surface area contributed by atoms with Crippen LogP contribution in [0.3, 0.4) is 0 Å². The second kappa shape index (κ2) is 4.79. The van der Waals surface area contributed by atoms with Crippen LogP contribution in [0.2, 0.25) is 0 Å². The number of carbonyl (C=O) groups is 3. The number of carbonyl (C=O) groups excluding carboxylic acids is 3. The van der Waals surface area contributed by atoms with Crippen molar-refractivity contribution in [2.24, 2.45) is 5.73 Å². The lowest BCUT2D eigenvalue weighted by Gasteiger charge is -2.19. The van der Waals surface area contributed by atoms with Crippen LogP contribution in [-0.2, 0) is 9.59 Å². The lowest BCUT2D eigenvalue weighted by Crippen LogP contribution is -2.26. The molecular formula is C12H12N2O5. The number of para-hydroxylation sites is 1. The molecular weight excluding hydrogens is 252 g/mol. The minimum atomic E-state index is -1.42. The maximum Gasteiger partial charge on any atom is 0.296 e. The number of hydrogen-bond acceptors (Lipinski definition) is 5. The molecule has 1 aliphatic rings. The Morgan fingerprint density at radius 3 is 2.63 bits per heavy atom. The first-order chi connectivity index (χ1) is 8.91. The number of anilines is 1. The Bertz CT molecular complexity index is 569. The number of rotatable bonds is 4. The van der Waals surface area contributed by atoms with Crippen molar-refractivity contribution in [3.05, 3.63) is 29.3 Å². The molecule has 19 heavy (non-hydrogen) atoms. The molecule has 100 valence electrons. The van der Waals surface area contributed by atoms with E-state index in [2.05, 4.69) is 5.32 Å². The van der Waals surface area contributed by atoms with Crippen molar-refractivity contribution in [2.75, 3.05) is 5.32 Å². The van der Waals surface area contributed by atoms with E-state index in [-0.39, 0.29) is 16.8 Å². The molecule has 7 nitrogen and oxygen atoms in total. The standard InChI is InChI=1S/C12H12N2O5/c13-8(16)4-7(15)10(17)5-2-1-3-6-9(5)14-12(19)11(6)18/h1-3,7,10,15,17H,4H2,(H2,13,16)(H,14,18,19). The third kappa shape index (κ3) is 2.33. The minimum absolute atomic E-state index is 0.132. The summed E-state index contributed by atoms with van der Waals surface area (Å²) in [4.78, 5) is 33.5. The molecule has 0 radical (unpaired) electrons. The molecule has 0 spiro atoms. The van der Waals surface area contributed by atoms with E-state index < -0.39 is 36.2 Å². The van der Waals surface area contributed by atoms with Crippen molar-refractivity contribution in [1.29, 1.82) is 0 Å². The van der Waals surface area contributed by atoms with Gasteiger partial charge >= 0.3 is 0 Å². The molecule has 2 amide bonds. The van der Waals surface area contributed by atoms with E-state index in [1.54, 1.807) is 0 Å². The molecule has 1 aromatic rings. The molecule has 2 rings (SSSR count). The van der Waals surface area contributed by atoms with Crippen molar-refractivity contribution < 1.29 is 24.6 Å². The van der Waals surface area contributed by atoms with Crippen LogP contribution in [0.4, 0.5) is 5.69 Å². The Morgan fingerprint density at radius 1 is 1.32 bits per heavy atom. The van der Waals surface area contributed by atoms with Crippen molar-refractivity contribution in [1.82, 2.24) is 0 Å². The summed E-state index contributed by atoms with van der Waals surface area (Å²) >= 11 is 0. The molecule has 0 saturated carbocycles. The fourth-order valence-electron chi connectivity index (χ4n) is 1.96. The summed E-state index contributed by atoms with van der Waals surface area (Å²) in [5.74, 6) is -2.26. The molecule has 1 aromatic carbocycles. The quantitative estimate of drug-likeness (QED) is 0.523. The summed E-state index contributed by atoms with van der Waals surface area (Å²) in [6.45, 7) is 0. The molecule has 5 N–H and O–H groups in total. The zero-order chi connectivity index (χ0) is 14.2. The molecule has 1 heterocycles. The number of aliphatic hydroxyl groups is 2. The highest BCUT2D eigenvalue weighted by molar-refractivity contribution is 6.51. The zero-order valence-electron chi connectivity index (χ0n) is 9.79. The van der Waals surface area contributed by atoms with Gasteiger partial charge in [0.05, 0.1) is 23.8 Å². The number of hydrogen-bond donors (Lipinski definition) is 4. The third-order valence-corrected chi connectivity index (χ3v) is 2.88. The summed E-state index contributed by atoms with van der Waals surface area (Å²) in [7, 11) is 0. The number of nitrogens with one attached hydrogen (secondary N) is 1. The van der Waals surface area contributed by atoms with E-state index in [0.717, 1.165) is 0 Å². The van der Waals surface area contributed by atoms with Crippen molar-refractivity contribution in [3.8, 4) is 0 Å². The number of amides is 2. The van der Waals surface area contributed by atoms with Gasteiger partial charge in [0.15, 0.2) is 0 Å². The number of aliphatic hydroxyl groups excluding tert-OH is 2. The SMILES string of the molecule is NC(=O)CC(O)C(O)c1cccc2c1NC(=O)C2=O. The first kappa shape index (κ1) is 13.2. The average Bonchev–Trinajstić information content (AvgIpc) is 2.64. The first-order valence-electron chi connectivity index (χ1n) is 5.55. The van der Waals surface area contributed by atoms with Gasteiger partial charge in [0.25, 0.3) is 11.7 Å².